The molecule has 3 heterocycles. The van der Waals surface area contributed by atoms with E-state index in [1.807, 2.05) is 0 Å². The molecule has 8 nitrogen and oxygen atoms in total. The van der Waals surface area contributed by atoms with Crippen LogP contribution in [0.15, 0.2) is 35.5 Å². The van der Waals surface area contributed by atoms with Crippen LogP contribution in [0.3, 0.4) is 0 Å². The maximum absolute atomic E-state index is 12.4. The highest BCUT2D eigenvalue weighted by molar-refractivity contribution is 6.30. The second-order valence-electron chi connectivity index (χ2n) is 5.43. The van der Waals surface area contributed by atoms with Gasteiger partial charge >= 0.3 is 6.01 Å². The maximum Gasteiger partial charge on any atom is 0.316 e. The van der Waals surface area contributed by atoms with Crippen molar-refractivity contribution in [1.82, 2.24) is 24.6 Å². The lowest BCUT2D eigenvalue weighted by Gasteiger charge is -2.32. The molecule has 1 amide bonds. The molecule has 2 aromatic heterocycles. The van der Waals surface area contributed by atoms with Gasteiger partial charge < -0.3 is 9.64 Å². The van der Waals surface area contributed by atoms with Crippen LogP contribution in [-0.2, 0) is 11.3 Å². The second-order valence-corrected chi connectivity index (χ2v) is 5.86. The zero-order valence-corrected chi connectivity index (χ0v) is 13.6. The molecule has 1 aliphatic rings. The standard InChI is InChI=1S/C15H16ClN5O3/c16-11-7-17-15(18-8-11)24-12-3-2-6-20(9-12)14(23)10-21-13(22)4-1-5-19-21/h1,4-5,7-8,12H,2-3,6,9-10H2. The summed E-state index contributed by atoms with van der Waals surface area (Å²) in [5.41, 5.74) is -0.301. The van der Waals surface area contributed by atoms with Crippen LogP contribution in [0.25, 0.3) is 0 Å². The number of ether oxygens (including phenoxy) is 1. The lowest BCUT2D eigenvalue weighted by molar-refractivity contribution is -0.134. The van der Waals surface area contributed by atoms with Crippen molar-refractivity contribution in [3.63, 3.8) is 0 Å². The summed E-state index contributed by atoms with van der Waals surface area (Å²) < 4.78 is 6.85. The predicted octanol–water partition coefficient (Wildman–Crippen LogP) is 0.757. The average Bonchev–Trinajstić information content (AvgIpc) is 2.59. The molecule has 9 heteroatoms. The van der Waals surface area contributed by atoms with Crippen LogP contribution < -0.4 is 10.3 Å². The van der Waals surface area contributed by atoms with Crippen LogP contribution in [0.2, 0.25) is 5.02 Å². The fourth-order valence-electron chi connectivity index (χ4n) is 2.51. The third-order valence-electron chi connectivity index (χ3n) is 3.67. The van der Waals surface area contributed by atoms with E-state index in [4.69, 9.17) is 16.3 Å². The molecule has 0 aromatic carbocycles. The smallest absolute Gasteiger partial charge is 0.316 e. The molecular weight excluding hydrogens is 334 g/mol. The van der Waals surface area contributed by atoms with E-state index in [-0.39, 0.29) is 30.1 Å². The van der Waals surface area contributed by atoms with Gasteiger partial charge in [0.25, 0.3) is 5.56 Å². The van der Waals surface area contributed by atoms with E-state index >= 15 is 0 Å². The van der Waals surface area contributed by atoms with Crippen molar-refractivity contribution < 1.29 is 9.53 Å². The summed E-state index contributed by atoms with van der Waals surface area (Å²) in [6, 6.07) is 3.15. The molecular formula is C15H16ClN5O3. The topological polar surface area (TPSA) is 90.2 Å². The summed E-state index contributed by atoms with van der Waals surface area (Å²) in [5, 5.41) is 4.33. The summed E-state index contributed by atoms with van der Waals surface area (Å²) in [6.45, 7) is 0.970. The van der Waals surface area contributed by atoms with Crippen molar-refractivity contribution >= 4 is 17.5 Å². The van der Waals surface area contributed by atoms with E-state index in [9.17, 15) is 9.59 Å². The van der Waals surface area contributed by atoms with Gasteiger partial charge in [-0.25, -0.2) is 14.6 Å². The minimum atomic E-state index is -0.301. The first-order valence-electron chi connectivity index (χ1n) is 7.56. The van der Waals surface area contributed by atoms with Gasteiger partial charge in [-0.05, 0) is 18.9 Å². The number of piperidine rings is 1. The zero-order chi connectivity index (χ0) is 16.9. The molecule has 2 aromatic rings. The summed E-state index contributed by atoms with van der Waals surface area (Å²) >= 11 is 5.74. The molecule has 1 atom stereocenters. The zero-order valence-electron chi connectivity index (χ0n) is 12.8. The number of nitrogens with zero attached hydrogens (tertiary/aromatic N) is 5. The highest BCUT2D eigenvalue weighted by Gasteiger charge is 2.25. The summed E-state index contributed by atoms with van der Waals surface area (Å²) in [6.07, 6.45) is 5.82. The Morgan fingerprint density at radius 3 is 2.92 bits per heavy atom. The number of rotatable bonds is 4. The molecule has 0 aliphatic carbocycles. The number of hydrogen-bond donors (Lipinski definition) is 0. The quantitative estimate of drug-likeness (QED) is 0.809. The van der Waals surface area contributed by atoms with Crippen LogP contribution in [-0.4, -0.2) is 49.7 Å². The van der Waals surface area contributed by atoms with Gasteiger partial charge in [-0.2, -0.15) is 5.10 Å². The van der Waals surface area contributed by atoms with E-state index in [1.54, 1.807) is 11.0 Å². The van der Waals surface area contributed by atoms with E-state index in [0.717, 1.165) is 17.5 Å². The number of amides is 1. The minimum Gasteiger partial charge on any atom is -0.458 e. The average molecular weight is 350 g/mol. The van der Waals surface area contributed by atoms with Gasteiger partial charge in [0, 0.05) is 18.8 Å². The Morgan fingerprint density at radius 2 is 2.17 bits per heavy atom. The third kappa shape index (κ3) is 4.08. The lowest BCUT2D eigenvalue weighted by Crippen LogP contribution is -2.46. The number of carbonyl (C=O) groups is 1. The Kier molecular flexibility index (Phi) is 5.05. The second kappa shape index (κ2) is 7.39. The van der Waals surface area contributed by atoms with E-state index in [1.165, 1.54) is 24.7 Å². The van der Waals surface area contributed by atoms with Gasteiger partial charge in [-0.1, -0.05) is 11.6 Å². The number of likely N-dealkylation sites (tertiary alicyclic amines) is 1. The van der Waals surface area contributed by atoms with Gasteiger partial charge in [0.2, 0.25) is 5.91 Å². The van der Waals surface area contributed by atoms with Crippen molar-refractivity contribution in [2.75, 3.05) is 13.1 Å². The molecule has 1 aliphatic heterocycles. The SMILES string of the molecule is O=C(Cn1ncccc1=O)N1CCCC(Oc2ncc(Cl)cn2)C1. The van der Waals surface area contributed by atoms with Crippen molar-refractivity contribution in [3.8, 4) is 6.01 Å². The van der Waals surface area contributed by atoms with Crippen LogP contribution in [0, 0.1) is 0 Å². The normalized spacial score (nSPS) is 17.5. The number of hydrogen-bond acceptors (Lipinski definition) is 6. The highest BCUT2D eigenvalue weighted by atomic mass is 35.5. The van der Waals surface area contributed by atoms with Crippen molar-refractivity contribution in [3.05, 3.63) is 46.1 Å². The van der Waals surface area contributed by atoms with Gasteiger partial charge in [-0.3, -0.25) is 9.59 Å². The Labute approximate surface area is 143 Å². The Morgan fingerprint density at radius 1 is 1.38 bits per heavy atom. The third-order valence-corrected chi connectivity index (χ3v) is 3.87. The lowest BCUT2D eigenvalue weighted by atomic mass is 10.1. The summed E-state index contributed by atoms with van der Waals surface area (Å²) in [7, 11) is 0. The fourth-order valence-corrected chi connectivity index (χ4v) is 2.60. The van der Waals surface area contributed by atoms with Crippen LogP contribution in [0.5, 0.6) is 6.01 Å². The van der Waals surface area contributed by atoms with Gasteiger partial charge in [0.15, 0.2) is 0 Å². The molecule has 0 N–H and O–H groups in total. The predicted molar refractivity (Wildman–Crippen MR) is 85.8 cm³/mol. The summed E-state index contributed by atoms with van der Waals surface area (Å²) in [4.78, 5) is 33.7. The van der Waals surface area contributed by atoms with E-state index < -0.39 is 0 Å². The van der Waals surface area contributed by atoms with Crippen LogP contribution in [0.4, 0.5) is 0 Å². The molecule has 126 valence electrons. The highest BCUT2D eigenvalue weighted by Crippen LogP contribution is 2.16. The Bertz CT molecular complexity index is 764. The van der Waals surface area contributed by atoms with Gasteiger partial charge in [0.05, 0.1) is 24.0 Å². The molecule has 1 fully saturated rings. The van der Waals surface area contributed by atoms with Crippen molar-refractivity contribution in [2.45, 2.75) is 25.5 Å². The number of aromatic nitrogens is 4. The molecule has 0 radical (unpaired) electrons. The number of carbonyl (C=O) groups excluding carboxylic acids is 1. The molecule has 24 heavy (non-hydrogen) atoms. The van der Waals surface area contributed by atoms with Crippen LogP contribution >= 0.6 is 11.6 Å². The maximum atomic E-state index is 12.4. The molecule has 0 saturated carbocycles. The monoisotopic (exact) mass is 349 g/mol. The molecule has 1 unspecified atom stereocenters. The van der Waals surface area contributed by atoms with E-state index in [0.29, 0.717) is 18.1 Å². The Hall–Kier alpha value is -2.48. The van der Waals surface area contributed by atoms with Gasteiger partial charge in [-0.15, -0.1) is 0 Å². The first-order valence-corrected chi connectivity index (χ1v) is 7.94. The van der Waals surface area contributed by atoms with E-state index in [2.05, 4.69) is 15.1 Å². The van der Waals surface area contributed by atoms with Crippen molar-refractivity contribution in [1.29, 1.82) is 0 Å². The van der Waals surface area contributed by atoms with Gasteiger partial charge in [0.1, 0.15) is 12.6 Å². The van der Waals surface area contributed by atoms with Crippen LogP contribution in [0.1, 0.15) is 12.8 Å². The molecule has 0 bridgehead atoms. The first kappa shape index (κ1) is 16.4. The summed E-state index contributed by atoms with van der Waals surface area (Å²) in [5.74, 6) is -0.166. The first-order chi connectivity index (χ1) is 11.6. The van der Waals surface area contributed by atoms with Crippen molar-refractivity contribution in [2.24, 2.45) is 0 Å². The largest absolute Gasteiger partial charge is 0.458 e. The number of halogens is 1. The molecule has 3 rings (SSSR count). The Balaban J connectivity index is 1.60. The minimum absolute atomic E-state index is 0.0795. The molecule has 1 saturated heterocycles. The fraction of sp³-hybridized carbons (Fsp3) is 0.400. The molecule has 0 spiro atoms.